The number of carbonyl (C=O) groups excluding carboxylic acids is 3. The highest BCUT2D eigenvalue weighted by atomic mass is 32.2. The van der Waals surface area contributed by atoms with Crippen LogP contribution in [0.5, 0.6) is 0 Å². The lowest BCUT2D eigenvalue weighted by Crippen LogP contribution is -2.41. The summed E-state index contributed by atoms with van der Waals surface area (Å²) in [7, 11) is -3.90. The molecule has 3 amide bonds. The summed E-state index contributed by atoms with van der Waals surface area (Å²) in [5.74, 6) is -3.14. The molecule has 0 heterocycles. The van der Waals surface area contributed by atoms with Gasteiger partial charge in [-0.25, -0.2) is 22.4 Å². The fourth-order valence-electron chi connectivity index (χ4n) is 2.11. The summed E-state index contributed by atoms with van der Waals surface area (Å²) in [6.07, 6.45) is 0. The first-order valence-corrected chi connectivity index (χ1v) is 9.65. The zero-order valence-corrected chi connectivity index (χ0v) is 16.1. The molecule has 0 aliphatic rings. The lowest BCUT2D eigenvalue weighted by atomic mass is 10.2. The Balaban J connectivity index is 2.92. The summed E-state index contributed by atoms with van der Waals surface area (Å²) >= 11 is 0. The first-order chi connectivity index (χ1) is 12.7. The molecule has 27 heavy (non-hydrogen) atoms. The van der Waals surface area contributed by atoms with Gasteiger partial charge in [0.05, 0.1) is 10.5 Å². The molecular formula is C16H22FN3O6S. The van der Waals surface area contributed by atoms with Gasteiger partial charge < -0.3 is 10.1 Å². The van der Waals surface area contributed by atoms with Crippen molar-refractivity contribution in [2.45, 2.75) is 25.7 Å². The van der Waals surface area contributed by atoms with Crippen LogP contribution < -0.4 is 10.6 Å². The van der Waals surface area contributed by atoms with E-state index >= 15 is 0 Å². The number of sulfonamides is 1. The van der Waals surface area contributed by atoms with Crippen molar-refractivity contribution in [2.75, 3.05) is 26.2 Å². The number of rotatable bonds is 8. The number of hydrogen-bond acceptors (Lipinski definition) is 6. The topological polar surface area (TPSA) is 122 Å². The van der Waals surface area contributed by atoms with Crippen LogP contribution in [0.1, 0.15) is 31.1 Å². The highest BCUT2D eigenvalue weighted by molar-refractivity contribution is 7.89. The van der Waals surface area contributed by atoms with Gasteiger partial charge in [-0.2, -0.15) is 4.31 Å². The Kier molecular flexibility index (Phi) is 8.32. The molecule has 0 atom stereocenters. The van der Waals surface area contributed by atoms with Gasteiger partial charge in [-0.1, -0.05) is 13.8 Å². The molecule has 9 nitrogen and oxygen atoms in total. The molecular weight excluding hydrogens is 381 g/mol. The predicted molar refractivity (Wildman–Crippen MR) is 94.0 cm³/mol. The van der Waals surface area contributed by atoms with Crippen LogP contribution in [0.15, 0.2) is 23.1 Å². The smallest absolute Gasteiger partial charge is 0.341 e. The first kappa shape index (κ1) is 22.5. The van der Waals surface area contributed by atoms with Crippen LogP contribution in [0.2, 0.25) is 0 Å². The molecule has 1 aromatic carbocycles. The van der Waals surface area contributed by atoms with Crippen LogP contribution in [0, 0.1) is 5.82 Å². The Morgan fingerprint density at radius 3 is 2.33 bits per heavy atom. The minimum Gasteiger partial charge on any atom is -0.452 e. The van der Waals surface area contributed by atoms with Crippen LogP contribution in [-0.2, 0) is 19.6 Å². The third-order valence-electron chi connectivity index (χ3n) is 3.43. The van der Waals surface area contributed by atoms with Crippen molar-refractivity contribution >= 4 is 27.9 Å². The number of nitrogens with one attached hydrogen (secondary N) is 2. The van der Waals surface area contributed by atoms with Gasteiger partial charge in [0.2, 0.25) is 10.0 Å². The molecule has 150 valence electrons. The van der Waals surface area contributed by atoms with Crippen molar-refractivity contribution in [2.24, 2.45) is 0 Å². The highest BCUT2D eigenvalue weighted by Crippen LogP contribution is 2.19. The number of urea groups is 1. The number of esters is 1. The Labute approximate surface area is 156 Å². The van der Waals surface area contributed by atoms with Crippen LogP contribution in [0.25, 0.3) is 0 Å². The van der Waals surface area contributed by atoms with Crippen LogP contribution in [0.4, 0.5) is 9.18 Å². The van der Waals surface area contributed by atoms with Crippen molar-refractivity contribution in [1.82, 2.24) is 14.9 Å². The largest absolute Gasteiger partial charge is 0.452 e. The van der Waals surface area contributed by atoms with Crippen LogP contribution >= 0.6 is 0 Å². The molecule has 0 fully saturated rings. The van der Waals surface area contributed by atoms with E-state index in [4.69, 9.17) is 0 Å². The maximum atomic E-state index is 13.9. The first-order valence-electron chi connectivity index (χ1n) is 8.21. The SMILES string of the molecule is CCNC(=O)NC(=O)COC(=O)c1cc(S(=O)(=O)N(CC)CC)ccc1F. The van der Waals surface area contributed by atoms with E-state index < -0.39 is 45.9 Å². The molecule has 1 aromatic rings. The number of ether oxygens (including phenoxy) is 1. The van der Waals surface area contributed by atoms with Gasteiger partial charge in [-0.05, 0) is 25.1 Å². The second-order valence-electron chi connectivity index (χ2n) is 5.21. The second-order valence-corrected chi connectivity index (χ2v) is 7.15. The third-order valence-corrected chi connectivity index (χ3v) is 5.47. The number of halogens is 1. The molecule has 0 aliphatic heterocycles. The number of hydrogen-bond donors (Lipinski definition) is 2. The van der Waals surface area contributed by atoms with E-state index in [1.54, 1.807) is 20.8 Å². The van der Waals surface area contributed by atoms with E-state index in [1.807, 2.05) is 5.32 Å². The maximum Gasteiger partial charge on any atom is 0.341 e. The van der Waals surface area contributed by atoms with Crippen molar-refractivity contribution in [3.05, 3.63) is 29.6 Å². The molecule has 0 aliphatic carbocycles. The summed E-state index contributed by atoms with van der Waals surface area (Å²) in [6, 6.07) is 1.97. The van der Waals surface area contributed by atoms with Crippen LogP contribution in [-0.4, -0.2) is 56.9 Å². The Morgan fingerprint density at radius 1 is 1.15 bits per heavy atom. The molecule has 0 saturated carbocycles. The summed E-state index contributed by atoms with van der Waals surface area (Å²) in [6.45, 7) is 4.80. The average molecular weight is 403 g/mol. The summed E-state index contributed by atoms with van der Waals surface area (Å²) in [5.41, 5.74) is -0.631. The van der Waals surface area contributed by atoms with E-state index in [1.165, 1.54) is 0 Å². The number of amides is 3. The number of imide groups is 1. The molecule has 0 saturated heterocycles. The molecule has 0 radical (unpaired) electrons. The van der Waals surface area contributed by atoms with Gasteiger partial charge >= 0.3 is 12.0 Å². The molecule has 1 rings (SSSR count). The summed E-state index contributed by atoms with van der Waals surface area (Å²) in [4.78, 5) is 34.4. The Morgan fingerprint density at radius 2 is 1.78 bits per heavy atom. The quantitative estimate of drug-likeness (QED) is 0.621. The Bertz CT molecular complexity index is 808. The van der Waals surface area contributed by atoms with E-state index in [9.17, 15) is 27.2 Å². The van der Waals surface area contributed by atoms with Gasteiger partial charge in [0.15, 0.2) is 6.61 Å². The highest BCUT2D eigenvalue weighted by Gasteiger charge is 2.25. The molecule has 0 aromatic heterocycles. The zero-order chi connectivity index (χ0) is 20.6. The van der Waals surface area contributed by atoms with E-state index in [0.29, 0.717) is 0 Å². The summed E-state index contributed by atoms with van der Waals surface area (Å²) in [5, 5.41) is 4.21. The van der Waals surface area contributed by atoms with E-state index in [-0.39, 0.29) is 24.5 Å². The van der Waals surface area contributed by atoms with Gasteiger partial charge in [-0.15, -0.1) is 0 Å². The van der Waals surface area contributed by atoms with Gasteiger partial charge in [-0.3, -0.25) is 10.1 Å². The van der Waals surface area contributed by atoms with Crippen molar-refractivity contribution < 1.29 is 31.9 Å². The third kappa shape index (κ3) is 6.00. The monoisotopic (exact) mass is 403 g/mol. The minimum atomic E-state index is -3.90. The van der Waals surface area contributed by atoms with Gasteiger partial charge in [0.1, 0.15) is 5.82 Å². The molecule has 0 unspecified atom stereocenters. The van der Waals surface area contributed by atoms with E-state index in [0.717, 1.165) is 22.5 Å². The standard InChI is InChI=1S/C16H22FN3O6S/c1-4-18-16(23)19-14(21)10-26-15(22)12-9-11(7-8-13(12)17)27(24,25)20(5-2)6-3/h7-9H,4-6,10H2,1-3H3,(H2,18,19,21,23). The van der Waals surface area contributed by atoms with Crippen LogP contribution in [0.3, 0.4) is 0 Å². The van der Waals surface area contributed by atoms with Crippen molar-refractivity contribution in [3.8, 4) is 0 Å². The Hall–Kier alpha value is -2.53. The normalized spacial score (nSPS) is 11.1. The minimum absolute atomic E-state index is 0.204. The van der Waals surface area contributed by atoms with E-state index in [2.05, 4.69) is 10.1 Å². The number of nitrogens with zero attached hydrogens (tertiary/aromatic N) is 1. The average Bonchev–Trinajstić information content (AvgIpc) is 2.60. The molecule has 0 bridgehead atoms. The zero-order valence-electron chi connectivity index (χ0n) is 15.2. The lowest BCUT2D eigenvalue weighted by Gasteiger charge is -2.18. The second kappa shape index (κ2) is 9.97. The lowest BCUT2D eigenvalue weighted by molar-refractivity contribution is -0.123. The van der Waals surface area contributed by atoms with Gasteiger partial charge in [0, 0.05) is 19.6 Å². The molecule has 0 spiro atoms. The molecule has 11 heteroatoms. The maximum absolute atomic E-state index is 13.9. The summed E-state index contributed by atoms with van der Waals surface area (Å²) < 4.78 is 44.7. The van der Waals surface area contributed by atoms with Crippen molar-refractivity contribution in [3.63, 3.8) is 0 Å². The van der Waals surface area contributed by atoms with Gasteiger partial charge in [0.25, 0.3) is 5.91 Å². The fourth-order valence-corrected chi connectivity index (χ4v) is 3.59. The number of benzene rings is 1. The fraction of sp³-hybridized carbons (Fsp3) is 0.438. The predicted octanol–water partition coefficient (Wildman–Crippen LogP) is 0.859. The number of carbonyl (C=O) groups is 3. The molecule has 2 N–H and O–H groups in total. The van der Waals surface area contributed by atoms with Crippen molar-refractivity contribution in [1.29, 1.82) is 0 Å².